The van der Waals surface area contributed by atoms with Crippen LogP contribution in [0, 0.1) is 17.0 Å². The lowest BCUT2D eigenvalue weighted by atomic mass is 10.1. The standard InChI is InChI=1S/C18H18N6O6S/c1-9-6-15(25)30-14-7-11(4-5-12(9)14)19-18(31)21-20-16(26)10(2)23-8-13(24(27)28)17(22-23)29-3/h4-8,10H,1-3H3,(H,20,26)(H2,19,21,31). The number of aromatic nitrogens is 2. The van der Waals surface area contributed by atoms with Gasteiger partial charge in [-0.2, -0.15) is 0 Å². The van der Waals surface area contributed by atoms with Crippen molar-refractivity contribution in [3.63, 3.8) is 0 Å². The molecule has 1 atom stereocenters. The van der Waals surface area contributed by atoms with Gasteiger partial charge in [0.25, 0.3) is 5.91 Å². The summed E-state index contributed by atoms with van der Waals surface area (Å²) in [6.45, 7) is 3.30. The smallest absolute Gasteiger partial charge is 0.350 e. The molecule has 0 spiro atoms. The van der Waals surface area contributed by atoms with Crippen LogP contribution in [0.3, 0.4) is 0 Å². The van der Waals surface area contributed by atoms with Crippen molar-refractivity contribution < 1.29 is 18.9 Å². The number of benzene rings is 1. The number of nitrogens with zero attached hydrogens (tertiary/aromatic N) is 3. The van der Waals surface area contributed by atoms with Crippen LogP contribution in [0.4, 0.5) is 11.4 Å². The molecule has 0 aliphatic heterocycles. The Kier molecular flexibility index (Phi) is 6.15. The minimum absolute atomic E-state index is 0.0685. The topological polar surface area (TPSA) is 154 Å². The first kappa shape index (κ1) is 21.7. The van der Waals surface area contributed by atoms with Crippen LogP contribution in [0.15, 0.2) is 39.7 Å². The fourth-order valence-electron chi connectivity index (χ4n) is 2.74. The first-order valence-electron chi connectivity index (χ1n) is 8.88. The number of amides is 1. The highest BCUT2D eigenvalue weighted by Gasteiger charge is 2.25. The van der Waals surface area contributed by atoms with Gasteiger partial charge in [-0.15, -0.1) is 5.10 Å². The number of hydrogen-bond donors (Lipinski definition) is 3. The molecule has 0 bridgehead atoms. The van der Waals surface area contributed by atoms with Crippen molar-refractivity contribution in [2.45, 2.75) is 19.9 Å². The fraction of sp³-hybridized carbons (Fsp3) is 0.222. The van der Waals surface area contributed by atoms with Gasteiger partial charge < -0.3 is 14.5 Å². The van der Waals surface area contributed by atoms with Gasteiger partial charge in [0.2, 0.25) is 0 Å². The zero-order valence-corrected chi connectivity index (χ0v) is 17.5. The SMILES string of the molecule is COc1nn(C(C)C(=O)NNC(=S)Nc2ccc3c(C)cc(=O)oc3c2)cc1[N+](=O)[O-]. The third-order valence-corrected chi connectivity index (χ3v) is 4.56. The Morgan fingerprint density at radius 1 is 1.35 bits per heavy atom. The molecule has 2 aromatic heterocycles. The average molecular weight is 446 g/mol. The van der Waals surface area contributed by atoms with Gasteiger partial charge in [0.15, 0.2) is 5.11 Å². The molecule has 1 amide bonds. The first-order chi connectivity index (χ1) is 14.7. The second-order valence-corrected chi connectivity index (χ2v) is 6.87. The van der Waals surface area contributed by atoms with Gasteiger partial charge in [-0.05, 0) is 43.8 Å². The van der Waals surface area contributed by atoms with E-state index in [4.69, 9.17) is 21.4 Å². The monoisotopic (exact) mass is 446 g/mol. The van der Waals surface area contributed by atoms with Crippen molar-refractivity contribution in [2.75, 3.05) is 12.4 Å². The third-order valence-electron chi connectivity index (χ3n) is 4.35. The Morgan fingerprint density at radius 2 is 2.10 bits per heavy atom. The molecule has 0 saturated carbocycles. The zero-order valence-electron chi connectivity index (χ0n) is 16.7. The molecule has 162 valence electrons. The molecule has 12 nitrogen and oxygen atoms in total. The minimum atomic E-state index is -0.893. The van der Waals surface area contributed by atoms with Gasteiger partial charge in [0.1, 0.15) is 17.8 Å². The van der Waals surface area contributed by atoms with E-state index in [1.54, 1.807) is 25.1 Å². The van der Waals surface area contributed by atoms with E-state index < -0.39 is 22.5 Å². The van der Waals surface area contributed by atoms with Crippen LogP contribution < -0.4 is 26.5 Å². The maximum atomic E-state index is 12.3. The number of nitro groups is 1. The summed E-state index contributed by atoms with van der Waals surface area (Å²) in [5, 5.41) is 18.6. The second-order valence-electron chi connectivity index (χ2n) is 6.46. The number of hydrazine groups is 1. The van der Waals surface area contributed by atoms with E-state index in [0.29, 0.717) is 11.3 Å². The summed E-state index contributed by atoms with van der Waals surface area (Å²) >= 11 is 5.15. The summed E-state index contributed by atoms with van der Waals surface area (Å²) in [7, 11) is 1.25. The molecule has 0 saturated heterocycles. The number of rotatable bonds is 5. The van der Waals surface area contributed by atoms with Crippen LogP contribution in [-0.2, 0) is 4.79 Å². The molecule has 31 heavy (non-hydrogen) atoms. The summed E-state index contributed by atoms with van der Waals surface area (Å²) in [4.78, 5) is 34.2. The molecule has 0 radical (unpaired) electrons. The van der Waals surface area contributed by atoms with E-state index in [1.807, 2.05) is 0 Å². The van der Waals surface area contributed by atoms with Crippen LogP contribution in [0.1, 0.15) is 18.5 Å². The fourth-order valence-corrected chi connectivity index (χ4v) is 2.91. The number of ether oxygens (including phenoxy) is 1. The van der Waals surface area contributed by atoms with Crippen molar-refractivity contribution in [1.29, 1.82) is 0 Å². The third kappa shape index (κ3) is 4.78. The number of carbonyl (C=O) groups excluding carboxylic acids is 1. The number of nitrogens with one attached hydrogen (secondary N) is 3. The number of methoxy groups -OCH3 is 1. The lowest BCUT2D eigenvalue weighted by Crippen LogP contribution is -2.46. The lowest BCUT2D eigenvalue weighted by Gasteiger charge is -2.15. The van der Waals surface area contributed by atoms with Crippen LogP contribution in [0.2, 0.25) is 0 Å². The van der Waals surface area contributed by atoms with Crippen LogP contribution >= 0.6 is 12.2 Å². The van der Waals surface area contributed by atoms with Gasteiger partial charge in [-0.25, -0.2) is 9.48 Å². The lowest BCUT2D eigenvalue weighted by molar-refractivity contribution is -0.385. The quantitative estimate of drug-likeness (QED) is 0.229. The first-order valence-corrected chi connectivity index (χ1v) is 9.29. The Hall–Kier alpha value is -4.00. The molecule has 1 aromatic carbocycles. The van der Waals surface area contributed by atoms with Crippen molar-refractivity contribution in [1.82, 2.24) is 20.6 Å². The van der Waals surface area contributed by atoms with Crippen molar-refractivity contribution in [3.05, 3.63) is 56.6 Å². The molecule has 13 heteroatoms. The van der Waals surface area contributed by atoms with Crippen LogP contribution in [-0.4, -0.2) is 32.8 Å². The number of hydrogen-bond acceptors (Lipinski definition) is 8. The van der Waals surface area contributed by atoms with Crippen molar-refractivity contribution >= 4 is 45.6 Å². The van der Waals surface area contributed by atoms with Crippen LogP contribution in [0.5, 0.6) is 5.88 Å². The average Bonchev–Trinajstić information content (AvgIpc) is 3.16. The summed E-state index contributed by atoms with van der Waals surface area (Å²) in [5.41, 5.74) is 5.83. The number of fused-ring (bicyclic) bond motifs is 1. The number of anilines is 1. The Labute approximate surface area is 180 Å². The van der Waals surface area contributed by atoms with E-state index in [9.17, 15) is 19.7 Å². The van der Waals surface area contributed by atoms with Gasteiger partial charge in [-0.1, -0.05) is 0 Å². The minimum Gasteiger partial charge on any atom is -0.475 e. The summed E-state index contributed by atoms with van der Waals surface area (Å²) in [6, 6.07) is 5.63. The van der Waals surface area contributed by atoms with E-state index in [1.165, 1.54) is 20.1 Å². The van der Waals surface area contributed by atoms with Gasteiger partial charge in [0.05, 0.1) is 12.0 Å². The molecule has 1 unspecified atom stereocenters. The summed E-state index contributed by atoms with van der Waals surface area (Å²) < 4.78 is 11.1. The molecule has 0 aliphatic carbocycles. The highest BCUT2D eigenvalue weighted by Crippen LogP contribution is 2.26. The van der Waals surface area contributed by atoms with E-state index in [-0.39, 0.29) is 16.7 Å². The Morgan fingerprint density at radius 3 is 2.74 bits per heavy atom. The highest BCUT2D eigenvalue weighted by atomic mass is 32.1. The number of thiocarbonyl (C=S) groups is 1. The van der Waals surface area contributed by atoms with Crippen molar-refractivity contribution in [2.24, 2.45) is 0 Å². The molecule has 0 aliphatic rings. The van der Waals surface area contributed by atoms with Crippen LogP contribution in [0.25, 0.3) is 11.0 Å². The summed E-state index contributed by atoms with van der Waals surface area (Å²) in [5.74, 6) is -0.752. The second kappa shape index (κ2) is 8.79. The van der Waals surface area contributed by atoms with Gasteiger partial charge in [-0.3, -0.25) is 25.8 Å². The molecule has 3 N–H and O–H groups in total. The summed E-state index contributed by atoms with van der Waals surface area (Å²) in [6.07, 6.45) is 1.10. The largest absolute Gasteiger partial charge is 0.475 e. The predicted molar refractivity (Wildman–Crippen MR) is 115 cm³/mol. The maximum absolute atomic E-state index is 12.3. The molecular formula is C18H18N6O6S. The molecule has 0 fully saturated rings. The molecular weight excluding hydrogens is 428 g/mol. The van der Waals surface area contributed by atoms with Gasteiger partial charge in [0, 0.05) is 23.2 Å². The number of carbonyl (C=O) groups is 1. The highest BCUT2D eigenvalue weighted by molar-refractivity contribution is 7.80. The van der Waals surface area contributed by atoms with E-state index in [2.05, 4.69) is 21.3 Å². The molecule has 3 aromatic rings. The predicted octanol–water partition coefficient (Wildman–Crippen LogP) is 1.79. The molecule has 3 rings (SSSR count). The zero-order chi connectivity index (χ0) is 22.7. The van der Waals surface area contributed by atoms with Crippen molar-refractivity contribution in [3.8, 4) is 5.88 Å². The molecule has 2 heterocycles. The number of aryl methyl sites for hydroxylation is 1. The Balaban J connectivity index is 1.63. The maximum Gasteiger partial charge on any atom is 0.350 e. The van der Waals surface area contributed by atoms with E-state index >= 15 is 0 Å². The Bertz CT molecular complexity index is 1240. The normalized spacial score (nSPS) is 11.6. The van der Waals surface area contributed by atoms with E-state index in [0.717, 1.165) is 21.8 Å². The van der Waals surface area contributed by atoms with Gasteiger partial charge >= 0.3 is 17.2 Å².